The van der Waals surface area contributed by atoms with Gasteiger partial charge in [-0.3, -0.25) is 9.59 Å². The van der Waals surface area contributed by atoms with E-state index in [-0.39, 0.29) is 12.3 Å². The molecular weight excluding hydrogens is 286 g/mol. The highest BCUT2D eigenvalue weighted by Gasteiger charge is 2.41. The topological polar surface area (TPSA) is 57.6 Å². The van der Waals surface area contributed by atoms with Gasteiger partial charge in [-0.15, -0.1) is 0 Å². The Kier molecular flexibility index (Phi) is 5.04. The maximum Gasteiger partial charge on any atom is 0.310 e. The maximum atomic E-state index is 12.7. The minimum absolute atomic E-state index is 0.0187. The Balaban J connectivity index is 2.09. The van der Waals surface area contributed by atoms with E-state index in [1.807, 2.05) is 35.6 Å². The van der Waals surface area contributed by atoms with Gasteiger partial charge in [0.05, 0.1) is 5.41 Å². The van der Waals surface area contributed by atoms with Gasteiger partial charge in [0.15, 0.2) is 0 Å². The molecule has 0 spiro atoms. The Morgan fingerprint density at radius 1 is 1.38 bits per heavy atom. The lowest BCUT2D eigenvalue weighted by Crippen LogP contribution is -2.40. The predicted molar refractivity (Wildman–Crippen MR) is 83.2 cm³/mol. The van der Waals surface area contributed by atoms with Crippen molar-refractivity contribution in [1.82, 2.24) is 4.90 Å². The van der Waals surface area contributed by atoms with Crippen LogP contribution in [-0.4, -0.2) is 27.9 Å². The molecule has 0 aromatic carbocycles. The largest absolute Gasteiger partial charge is 0.481 e. The summed E-state index contributed by atoms with van der Waals surface area (Å²) in [6, 6.07) is 2.33. The van der Waals surface area contributed by atoms with Crippen molar-refractivity contribution in [2.75, 3.05) is 0 Å². The quantitative estimate of drug-likeness (QED) is 0.799. The van der Waals surface area contributed by atoms with Crippen LogP contribution in [0.4, 0.5) is 0 Å². The van der Waals surface area contributed by atoms with E-state index in [0.29, 0.717) is 25.4 Å². The third-order valence-corrected chi connectivity index (χ3v) is 5.27. The van der Waals surface area contributed by atoms with Crippen molar-refractivity contribution in [3.05, 3.63) is 22.4 Å². The fourth-order valence-electron chi connectivity index (χ4n) is 2.66. The monoisotopic (exact) mass is 309 g/mol. The minimum Gasteiger partial charge on any atom is -0.481 e. The lowest BCUT2D eigenvalue weighted by molar-refractivity contribution is -0.154. The first kappa shape index (κ1) is 16.0. The van der Waals surface area contributed by atoms with Crippen molar-refractivity contribution in [2.24, 2.45) is 5.41 Å². The van der Waals surface area contributed by atoms with Gasteiger partial charge in [-0.25, -0.2) is 0 Å². The molecule has 0 bridgehead atoms. The van der Waals surface area contributed by atoms with Crippen molar-refractivity contribution >= 4 is 23.2 Å². The second kappa shape index (κ2) is 6.60. The number of carbonyl (C=O) groups excluding carboxylic acids is 1. The molecule has 1 heterocycles. The van der Waals surface area contributed by atoms with E-state index in [4.69, 9.17) is 0 Å². The number of hydrogen-bond donors (Lipinski definition) is 1. The molecule has 1 saturated carbocycles. The average molecular weight is 309 g/mol. The Morgan fingerprint density at radius 3 is 2.48 bits per heavy atom. The first-order chi connectivity index (χ1) is 10.0. The molecule has 1 aromatic heterocycles. The Morgan fingerprint density at radius 2 is 2.05 bits per heavy atom. The van der Waals surface area contributed by atoms with E-state index in [0.717, 1.165) is 18.4 Å². The van der Waals surface area contributed by atoms with Crippen LogP contribution in [0.5, 0.6) is 0 Å². The molecule has 1 aliphatic rings. The smallest absolute Gasteiger partial charge is 0.310 e. The Hall–Kier alpha value is -1.36. The summed E-state index contributed by atoms with van der Waals surface area (Å²) in [4.78, 5) is 26.1. The predicted octanol–water partition coefficient (Wildman–Crippen LogP) is 3.52. The summed E-state index contributed by atoms with van der Waals surface area (Å²) >= 11 is 1.62. The fourth-order valence-corrected chi connectivity index (χ4v) is 3.32. The first-order valence-corrected chi connectivity index (χ1v) is 8.50. The zero-order valence-corrected chi connectivity index (χ0v) is 13.5. The number of aliphatic carboxylic acids is 1. The summed E-state index contributed by atoms with van der Waals surface area (Å²) in [7, 11) is 0. The highest BCUT2D eigenvalue weighted by atomic mass is 32.1. The van der Waals surface area contributed by atoms with Crippen LogP contribution < -0.4 is 0 Å². The van der Waals surface area contributed by atoms with Gasteiger partial charge in [-0.1, -0.05) is 13.8 Å². The standard InChI is InChI=1S/C16H23NO3S/c1-3-16(4-2,15(19)20)9-14(18)17(13-5-6-13)10-12-7-8-21-11-12/h7-8,11,13H,3-6,9-10H2,1-2H3,(H,19,20). The number of hydrogen-bond acceptors (Lipinski definition) is 3. The molecule has 1 aliphatic carbocycles. The zero-order chi connectivity index (χ0) is 15.5. The van der Waals surface area contributed by atoms with E-state index in [1.54, 1.807) is 11.3 Å². The molecule has 0 aliphatic heterocycles. The molecule has 4 nitrogen and oxygen atoms in total. The summed E-state index contributed by atoms with van der Waals surface area (Å²) in [6.45, 7) is 4.31. The first-order valence-electron chi connectivity index (χ1n) is 7.56. The molecule has 1 aromatic rings. The van der Waals surface area contributed by atoms with Gasteiger partial charge in [0.2, 0.25) is 5.91 Å². The van der Waals surface area contributed by atoms with Gasteiger partial charge < -0.3 is 10.0 Å². The van der Waals surface area contributed by atoms with E-state index in [9.17, 15) is 14.7 Å². The molecule has 1 N–H and O–H groups in total. The minimum atomic E-state index is -0.918. The van der Waals surface area contributed by atoms with Crippen molar-refractivity contribution in [3.63, 3.8) is 0 Å². The van der Waals surface area contributed by atoms with Crippen LogP contribution in [0.3, 0.4) is 0 Å². The lowest BCUT2D eigenvalue weighted by Gasteiger charge is -2.30. The van der Waals surface area contributed by atoms with Crippen LogP contribution in [0.25, 0.3) is 0 Å². The summed E-state index contributed by atoms with van der Waals surface area (Å²) < 4.78 is 0. The van der Waals surface area contributed by atoms with Gasteiger partial charge in [0, 0.05) is 19.0 Å². The maximum absolute atomic E-state index is 12.7. The number of amides is 1. The van der Waals surface area contributed by atoms with E-state index >= 15 is 0 Å². The van der Waals surface area contributed by atoms with Crippen LogP contribution in [0.2, 0.25) is 0 Å². The van der Waals surface area contributed by atoms with Crippen LogP contribution in [0.1, 0.15) is 51.5 Å². The normalized spacial score (nSPS) is 15.0. The lowest BCUT2D eigenvalue weighted by atomic mass is 9.79. The van der Waals surface area contributed by atoms with Gasteiger partial charge in [-0.05, 0) is 48.1 Å². The molecule has 5 heteroatoms. The van der Waals surface area contributed by atoms with Crippen LogP contribution >= 0.6 is 11.3 Å². The fraction of sp³-hybridized carbons (Fsp3) is 0.625. The van der Waals surface area contributed by atoms with E-state index < -0.39 is 11.4 Å². The van der Waals surface area contributed by atoms with Crippen LogP contribution in [-0.2, 0) is 16.1 Å². The van der Waals surface area contributed by atoms with E-state index in [1.165, 1.54) is 0 Å². The summed E-state index contributed by atoms with van der Waals surface area (Å²) in [5.41, 5.74) is 0.216. The van der Waals surface area contributed by atoms with Gasteiger partial charge in [0.1, 0.15) is 0 Å². The van der Waals surface area contributed by atoms with Gasteiger partial charge in [0.25, 0.3) is 0 Å². The Labute approximate surface area is 129 Å². The molecule has 2 rings (SSSR count). The number of rotatable bonds is 8. The second-order valence-electron chi connectivity index (χ2n) is 5.85. The molecular formula is C16H23NO3S. The molecule has 0 radical (unpaired) electrons. The molecule has 21 heavy (non-hydrogen) atoms. The van der Waals surface area contributed by atoms with Crippen molar-refractivity contribution in [3.8, 4) is 0 Å². The average Bonchev–Trinajstić information content (AvgIpc) is 3.18. The summed E-state index contributed by atoms with van der Waals surface area (Å²) in [5, 5.41) is 13.5. The number of carbonyl (C=O) groups is 2. The molecule has 0 atom stereocenters. The molecule has 0 unspecified atom stereocenters. The summed E-state index contributed by atoms with van der Waals surface area (Å²) in [6.07, 6.45) is 3.15. The van der Waals surface area contributed by atoms with Crippen molar-refractivity contribution in [1.29, 1.82) is 0 Å². The molecule has 1 amide bonds. The highest BCUT2D eigenvalue weighted by Crippen LogP contribution is 2.35. The van der Waals surface area contributed by atoms with Crippen LogP contribution in [0, 0.1) is 5.41 Å². The van der Waals surface area contributed by atoms with Crippen molar-refractivity contribution in [2.45, 2.75) is 58.5 Å². The molecule has 1 fully saturated rings. The highest BCUT2D eigenvalue weighted by molar-refractivity contribution is 7.07. The number of carboxylic acid groups (broad SMARTS) is 1. The Bertz CT molecular complexity index is 490. The van der Waals surface area contributed by atoms with Crippen molar-refractivity contribution < 1.29 is 14.7 Å². The molecule has 0 saturated heterocycles. The number of thiophene rings is 1. The third-order valence-electron chi connectivity index (χ3n) is 4.54. The number of nitrogens with zero attached hydrogens (tertiary/aromatic N) is 1. The number of carboxylic acids is 1. The van der Waals surface area contributed by atoms with Crippen LogP contribution in [0.15, 0.2) is 16.8 Å². The SMILES string of the molecule is CCC(CC)(CC(=O)N(Cc1ccsc1)C1CC1)C(=O)O. The molecule has 116 valence electrons. The summed E-state index contributed by atoms with van der Waals surface area (Å²) in [5.74, 6) is -0.873. The van der Waals surface area contributed by atoms with Gasteiger partial charge >= 0.3 is 5.97 Å². The second-order valence-corrected chi connectivity index (χ2v) is 6.63. The van der Waals surface area contributed by atoms with E-state index in [2.05, 4.69) is 0 Å². The third kappa shape index (κ3) is 3.64. The van der Waals surface area contributed by atoms with Gasteiger partial charge in [-0.2, -0.15) is 11.3 Å². The zero-order valence-electron chi connectivity index (χ0n) is 12.7.